The smallest absolute Gasteiger partial charge is 0.0400 e. The van der Waals surface area contributed by atoms with E-state index in [-0.39, 0.29) is 0 Å². The third-order valence-electron chi connectivity index (χ3n) is 4.92. The molecule has 1 N–H and O–H groups in total. The Labute approximate surface area is 129 Å². The van der Waals surface area contributed by atoms with Crippen LogP contribution in [-0.2, 0) is 6.54 Å². The summed E-state index contributed by atoms with van der Waals surface area (Å²) in [6.45, 7) is 10.6. The maximum absolute atomic E-state index is 3.80. The zero-order valence-corrected chi connectivity index (χ0v) is 13.5. The summed E-state index contributed by atoms with van der Waals surface area (Å²) in [5.74, 6) is 0. The van der Waals surface area contributed by atoms with Crippen LogP contribution in [0.1, 0.15) is 38.7 Å². The predicted octanol–water partition coefficient (Wildman–Crippen LogP) is 3.18. The molecule has 0 aliphatic carbocycles. The Hall–Kier alpha value is -1.06. The molecule has 0 saturated carbocycles. The number of nitrogens with zero attached hydrogens (tertiary/aromatic N) is 2. The highest BCUT2D eigenvalue weighted by Gasteiger charge is 2.24. The molecule has 0 radical (unpaired) electrons. The molecule has 0 bridgehead atoms. The van der Waals surface area contributed by atoms with E-state index in [4.69, 9.17) is 0 Å². The molecule has 3 heteroatoms. The van der Waals surface area contributed by atoms with Crippen molar-refractivity contribution in [2.75, 3.05) is 31.5 Å². The summed E-state index contributed by atoms with van der Waals surface area (Å²) in [7, 11) is 0. The van der Waals surface area contributed by atoms with Gasteiger partial charge in [-0.2, -0.15) is 0 Å². The van der Waals surface area contributed by atoms with Crippen LogP contribution in [0.3, 0.4) is 0 Å². The molecule has 2 aliphatic rings. The van der Waals surface area contributed by atoms with E-state index in [0.717, 1.165) is 6.54 Å². The third-order valence-corrected chi connectivity index (χ3v) is 4.92. The Morgan fingerprint density at radius 2 is 1.90 bits per heavy atom. The normalized spacial score (nSPS) is 24.0. The standard InChI is InChI=1S/C18H29N3/c1-15(2)21-12-9-17(14-21)19-18-8-4-3-7-16(18)13-20-10-5-6-11-20/h3-4,7-8,15,17,19H,5-6,9-14H2,1-2H3. The first-order valence-corrected chi connectivity index (χ1v) is 8.53. The van der Waals surface area contributed by atoms with Gasteiger partial charge in [-0.25, -0.2) is 0 Å². The van der Waals surface area contributed by atoms with E-state index in [1.54, 1.807) is 0 Å². The van der Waals surface area contributed by atoms with E-state index >= 15 is 0 Å². The first-order chi connectivity index (χ1) is 10.2. The van der Waals surface area contributed by atoms with Gasteiger partial charge in [0.15, 0.2) is 0 Å². The van der Waals surface area contributed by atoms with Gasteiger partial charge in [0.25, 0.3) is 0 Å². The molecular formula is C18H29N3. The molecule has 2 saturated heterocycles. The van der Waals surface area contributed by atoms with Gasteiger partial charge >= 0.3 is 0 Å². The van der Waals surface area contributed by atoms with Crippen molar-refractivity contribution in [3.63, 3.8) is 0 Å². The zero-order chi connectivity index (χ0) is 14.7. The van der Waals surface area contributed by atoms with Gasteiger partial charge in [0.2, 0.25) is 0 Å². The van der Waals surface area contributed by atoms with Crippen LogP contribution in [0.2, 0.25) is 0 Å². The van der Waals surface area contributed by atoms with Gasteiger partial charge in [0.1, 0.15) is 0 Å². The van der Waals surface area contributed by atoms with Crippen molar-refractivity contribution < 1.29 is 0 Å². The maximum Gasteiger partial charge on any atom is 0.0400 e. The van der Waals surface area contributed by atoms with E-state index < -0.39 is 0 Å². The van der Waals surface area contributed by atoms with Crippen LogP contribution >= 0.6 is 0 Å². The topological polar surface area (TPSA) is 18.5 Å². The summed E-state index contributed by atoms with van der Waals surface area (Å²) in [4.78, 5) is 5.15. The minimum absolute atomic E-state index is 0.604. The van der Waals surface area contributed by atoms with Crippen molar-refractivity contribution in [2.45, 2.75) is 51.7 Å². The van der Waals surface area contributed by atoms with Gasteiger partial charge in [-0.1, -0.05) is 18.2 Å². The highest BCUT2D eigenvalue weighted by molar-refractivity contribution is 5.52. The van der Waals surface area contributed by atoms with E-state index in [1.165, 1.54) is 56.7 Å². The predicted molar refractivity (Wildman–Crippen MR) is 89.7 cm³/mol. The van der Waals surface area contributed by atoms with Crippen molar-refractivity contribution in [2.24, 2.45) is 0 Å². The highest BCUT2D eigenvalue weighted by Crippen LogP contribution is 2.23. The second-order valence-electron chi connectivity index (χ2n) is 6.86. The molecular weight excluding hydrogens is 258 g/mol. The molecule has 2 heterocycles. The lowest BCUT2D eigenvalue weighted by Gasteiger charge is -2.23. The van der Waals surface area contributed by atoms with Crippen molar-refractivity contribution in [3.8, 4) is 0 Å². The summed E-state index contributed by atoms with van der Waals surface area (Å²) in [5.41, 5.74) is 2.81. The number of para-hydroxylation sites is 1. The van der Waals surface area contributed by atoms with E-state index in [1.807, 2.05) is 0 Å². The van der Waals surface area contributed by atoms with Crippen LogP contribution in [0.25, 0.3) is 0 Å². The Morgan fingerprint density at radius 3 is 2.62 bits per heavy atom. The maximum atomic E-state index is 3.80. The molecule has 1 aromatic carbocycles. The SMILES string of the molecule is CC(C)N1CCC(Nc2ccccc2CN2CCCC2)C1. The molecule has 0 aromatic heterocycles. The minimum Gasteiger partial charge on any atom is -0.381 e. The van der Waals surface area contributed by atoms with Crippen molar-refractivity contribution in [3.05, 3.63) is 29.8 Å². The van der Waals surface area contributed by atoms with Gasteiger partial charge in [-0.3, -0.25) is 9.80 Å². The molecule has 1 atom stereocenters. The molecule has 116 valence electrons. The first kappa shape index (κ1) is 14.9. The van der Waals surface area contributed by atoms with E-state index in [9.17, 15) is 0 Å². The minimum atomic E-state index is 0.604. The van der Waals surface area contributed by atoms with Gasteiger partial charge in [-0.15, -0.1) is 0 Å². The van der Waals surface area contributed by atoms with Gasteiger partial charge < -0.3 is 5.32 Å². The number of anilines is 1. The number of likely N-dealkylation sites (tertiary alicyclic amines) is 2. The Balaban J connectivity index is 1.62. The van der Waals surface area contributed by atoms with Crippen molar-refractivity contribution in [1.82, 2.24) is 9.80 Å². The van der Waals surface area contributed by atoms with E-state index in [2.05, 4.69) is 53.2 Å². The summed E-state index contributed by atoms with van der Waals surface area (Å²) >= 11 is 0. The Bertz CT molecular complexity index is 452. The molecule has 0 spiro atoms. The van der Waals surface area contributed by atoms with Gasteiger partial charge in [0, 0.05) is 37.4 Å². The van der Waals surface area contributed by atoms with Crippen molar-refractivity contribution in [1.29, 1.82) is 0 Å². The average molecular weight is 287 g/mol. The van der Waals surface area contributed by atoms with Crippen LogP contribution in [-0.4, -0.2) is 48.1 Å². The van der Waals surface area contributed by atoms with Crippen molar-refractivity contribution >= 4 is 5.69 Å². The molecule has 2 fully saturated rings. The van der Waals surface area contributed by atoms with Crippen LogP contribution < -0.4 is 5.32 Å². The van der Waals surface area contributed by atoms with Crippen LogP contribution in [0.4, 0.5) is 5.69 Å². The Morgan fingerprint density at radius 1 is 1.14 bits per heavy atom. The fourth-order valence-corrected chi connectivity index (χ4v) is 3.57. The molecule has 0 amide bonds. The quantitative estimate of drug-likeness (QED) is 0.897. The molecule has 3 nitrogen and oxygen atoms in total. The lowest BCUT2D eigenvalue weighted by atomic mass is 10.1. The molecule has 1 aromatic rings. The second kappa shape index (κ2) is 6.80. The summed E-state index contributed by atoms with van der Waals surface area (Å²) in [5, 5.41) is 3.80. The lowest BCUT2D eigenvalue weighted by molar-refractivity contribution is 0.274. The van der Waals surface area contributed by atoms with E-state index in [0.29, 0.717) is 12.1 Å². The second-order valence-corrected chi connectivity index (χ2v) is 6.86. The largest absolute Gasteiger partial charge is 0.381 e. The van der Waals surface area contributed by atoms with Crippen LogP contribution in [0.5, 0.6) is 0 Å². The Kier molecular flexibility index (Phi) is 4.81. The number of benzene rings is 1. The summed E-state index contributed by atoms with van der Waals surface area (Å²) < 4.78 is 0. The lowest BCUT2D eigenvalue weighted by Crippen LogP contribution is -2.31. The summed E-state index contributed by atoms with van der Waals surface area (Å²) in [6.07, 6.45) is 3.99. The van der Waals surface area contributed by atoms with Crippen LogP contribution in [0, 0.1) is 0 Å². The number of hydrogen-bond donors (Lipinski definition) is 1. The number of rotatable bonds is 5. The zero-order valence-electron chi connectivity index (χ0n) is 13.5. The molecule has 1 unspecified atom stereocenters. The monoisotopic (exact) mass is 287 g/mol. The molecule has 2 aliphatic heterocycles. The first-order valence-electron chi connectivity index (χ1n) is 8.53. The fourth-order valence-electron chi connectivity index (χ4n) is 3.57. The highest BCUT2D eigenvalue weighted by atomic mass is 15.2. The fraction of sp³-hybridized carbons (Fsp3) is 0.667. The van der Waals surface area contributed by atoms with Gasteiger partial charge in [-0.05, 0) is 57.8 Å². The summed E-state index contributed by atoms with van der Waals surface area (Å²) in [6, 6.07) is 10.1. The molecule has 3 rings (SSSR count). The number of hydrogen-bond acceptors (Lipinski definition) is 3. The third kappa shape index (κ3) is 3.78. The van der Waals surface area contributed by atoms with Gasteiger partial charge in [0.05, 0.1) is 0 Å². The molecule has 21 heavy (non-hydrogen) atoms. The van der Waals surface area contributed by atoms with Crippen LogP contribution in [0.15, 0.2) is 24.3 Å². The number of nitrogens with one attached hydrogen (secondary N) is 1. The average Bonchev–Trinajstić information content (AvgIpc) is 3.12.